The summed E-state index contributed by atoms with van der Waals surface area (Å²) >= 11 is 0. The van der Waals surface area contributed by atoms with Crippen LogP contribution >= 0.6 is 0 Å². The molecule has 1 atom stereocenters. The number of hydrogen-bond acceptors (Lipinski definition) is 5. The first kappa shape index (κ1) is 15.2. The summed E-state index contributed by atoms with van der Waals surface area (Å²) in [6, 6.07) is 0. The Morgan fingerprint density at radius 1 is 1.16 bits per heavy atom. The van der Waals surface area contributed by atoms with E-state index >= 15 is 0 Å². The molecule has 2 saturated heterocycles. The molecule has 0 aromatic carbocycles. The lowest BCUT2D eigenvalue weighted by molar-refractivity contribution is 0.0354. The van der Waals surface area contributed by atoms with Crippen LogP contribution in [0.3, 0.4) is 0 Å². The molecule has 0 aliphatic carbocycles. The summed E-state index contributed by atoms with van der Waals surface area (Å²) < 4.78 is 5.48. The van der Waals surface area contributed by atoms with E-state index in [2.05, 4.69) is 28.8 Å². The smallest absolute Gasteiger partial charge is 0.0557 e. The number of rotatable bonds is 6. The minimum atomic E-state index is 0.00576. The van der Waals surface area contributed by atoms with E-state index in [1.807, 2.05) is 0 Å². The summed E-state index contributed by atoms with van der Waals surface area (Å²) in [6.45, 7) is 9.62. The normalized spacial score (nSPS) is 30.3. The molecule has 5 nitrogen and oxygen atoms in total. The molecule has 2 fully saturated rings. The van der Waals surface area contributed by atoms with Crippen LogP contribution in [0.5, 0.6) is 0 Å². The maximum absolute atomic E-state index is 9.62. The number of piperazine rings is 1. The Hall–Kier alpha value is -0.200. The lowest BCUT2D eigenvalue weighted by atomic mass is 9.87. The van der Waals surface area contributed by atoms with Crippen LogP contribution in [0.1, 0.15) is 6.42 Å². The Morgan fingerprint density at radius 2 is 1.84 bits per heavy atom. The van der Waals surface area contributed by atoms with Crippen LogP contribution in [-0.4, -0.2) is 99.5 Å². The fourth-order valence-electron chi connectivity index (χ4n) is 2.94. The highest BCUT2D eigenvalue weighted by molar-refractivity contribution is 4.87. The van der Waals surface area contributed by atoms with Crippen molar-refractivity contribution >= 4 is 0 Å². The molecule has 0 bridgehead atoms. The summed E-state index contributed by atoms with van der Waals surface area (Å²) in [5.74, 6) is 0. The minimum absolute atomic E-state index is 0.00576. The molecule has 2 rings (SSSR count). The predicted octanol–water partition coefficient (Wildman–Crippen LogP) is -0.435. The molecule has 112 valence electrons. The van der Waals surface area contributed by atoms with Gasteiger partial charge in [0, 0.05) is 57.8 Å². The molecule has 0 saturated carbocycles. The molecular formula is C14H29N3O2. The van der Waals surface area contributed by atoms with Crippen LogP contribution < -0.4 is 0 Å². The van der Waals surface area contributed by atoms with Gasteiger partial charge in [0.05, 0.1) is 13.2 Å². The number of ether oxygens (including phenoxy) is 1. The average Bonchev–Trinajstić information content (AvgIpc) is 2.87. The number of aliphatic hydroxyl groups is 1. The first-order valence-electron chi connectivity index (χ1n) is 7.42. The highest BCUT2D eigenvalue weighted by atomic mass is 16.5. The van der Waals surface area contributed by atoms with E-state index in [1.54, 1.807) is 0 Å². The van der Waals surface area contributed by atoms with Gasteiger partial charge in [-0.1, -0.05) is 0 Å². The van der Waals surface area contributed by atoms with Gasteiger partial charge in [-0.05, 0) is 20.5 Å². The van der Waals surface area contributed by atoms with Gasteiger partial charge in [0.25, 0.3) is 0 Å². The molecule has 2 aliphatic rings. The Bertz CT molecular complexity index is 259. The van der Waals surface area contributed by atoms with Crippen LogP contribution in [0.2, 0.25) is 0 Å². The molecule has 2 aliphatic heterocycles. The van der Waals surface area contributed by atoms with Gasteiger partial charge >= 0.3 is 0 Å². The van der Waals surface area contributed by atoms with Crippen LogP contribution in [0.15, 0.2) is 0 Å². The fourth-order valence-corrected chi connectivity index (χ4v) is 2.94. The minimum Gasteiger partial charge on any atom is -0.396 e. The van der Waals surface area contributed by atoms with E-state index in [4.69, 9.17) is 4.74 Å². The summed E-state index contributed by atoms with van der Waals surface area (Å²) in [5, 5.41) is 9.62. The summed E-state index contributed by atoms with van der Waals surface area (Å²) in [6.07, 6.45) is 1.00. The second-order valence-corrected chi connectivity index (χ2v) is 6.38. The highest BCUT2D eigenvalue weighted by Crippen LogP contribution is 2.29. The number of nitrogens with zero attached hydrogens (tertiary/aromatic N) is 3. The van der Waals surface area contributed by atoms with Crippen LogP contribution in [0, 0.1) is 5.41 Å². The first-order chi connectivity index (χ1) is 9.13. The van der Waals surface area contributed by atoms with Crippen LogP contribution in [0.4, 0.5) is 0 Å². The number of hydrogen-bond donors (Lipinski definition) is 1. The number of aliphatic hydroxyl groups excluding tert-OH is 1. The van der Waals surface area contributed by atoms with Crippen molar-refractivity contribution in [3.05, 3.63) is 0 Å². The Balaban J connectivity index is 1.71. The summed E-state index contributed by atoms with van der Waals surface area (Å²) in [5.41, 5.74) is 0.00576. The average molecular weight is 271 g/mol. The molecule has 1 unspecified atom stereocenters. The van der Waals surface area contributed by atoms with E-state index in [0.29, 0.717) is 0 Å². The van der Waals surface area contributed by atoms with Gasteiger partial charge in [0.1, 0.15) is 0 Å². The predicted molar refractivity (Wildman–Crippen MR) is 76.4 cm³/mol. The topological polar surface area (TPSA) is 39.2 Å². The van der Waals surface area contributed by atoms with Crippen molar-refractivity contribution in [2.24, 2.45) is 5.41 Å². The van der Waals surface area contributed by atoms with Crippen molar-refractivity contribution < 1.29 is 9.84 Å². The van der Waals surface area contributed by atoms with Crippen molar-refractivity contribution in [1.29, 1.82) is 0 Å². The molecule has 5 heteroatoms. The summed E-state index contributed by atoms with van der Waals surface area (Å²) in [4.78, 5) is 7.27. The van der Waals surface area contributed by atoms with Gasteiger partial charge in [-0.25, -0.2) is 0 Å². The lowest BCUT2D eigenvalue weighted by Crippen LogP contribution is -2.51. The van der Waals surface area contributed by atoms with E-state index in [0.717, 1.165) is 65.4 Å². The van der Waals surface area contributed by atoms with E-state index < -0.39 is 0 Å². The molecule has 2 heterocycles. The first-order valence-corrected chi connectivity index (χ1v) is 7.42. The van der Waals surface area contributed by atoms with Gasteiger partial charge in [-0.3, -0.25) is 4.90 Å². The second kappa shape index (κ2) is 6.99. The van der Waals surface area contributed by atoms with Gasteiger partial charge in [0.2, 0.25) is 0 Å². The summed E-state index contributed by atoms with van der Waals surface area (Å²) in [7, 11) is 4.25. The van der Waals surface area contributed by atoms with E-state index in [1.165, 1.54) is 0 Å². The van der Waals surface area contributed by atoms with Gasteiger partial charge in [-0.2, -0.15) is 0 Å². The van der Waals surface area contributed by atoms with Gasteiger partial charge in [0.15, 0.2) is 0 Å². The van der Waals surface area contributed by atoms with E-state index in [-0.39, 0.29) is 12.0 Å². The van der Waals surface area contributed by atoms with Gasteiger partial charge < -0.3 is 19.6 Å². The molecule has 0 aromatic rings. The SMILES string of the molecule is CN(C)CCN1CCN(CC2(CO)CCOC2)CC1. The standard InChI is InChI=1S/C14H29N3O2/c1-15(2)4-5-16-6-8-17(9-7-16)11-14(12-18)3-10-19-13-14/h18H,3-13H2,1-2H3. The Labute approximate surface area is 117 Å². The van der Waals surface area contributed by atoms with E-state index in [9.17, 15) is 5.11 Å². The van der Waals surface area contributed by atoms with Crippen LogP contribution in [0.25, 0.3) is 0 Å². The highest BCUT2D eigenvalue weighted by Gasteiger charge is 2.36. The molecule has 19 heavy (non-hydrogen) atoms. The quantitative estimate of drug-likeness (QED) is 0.709. The lowest BCUT2D eigenvalue weighted by Gasteiger charge is -2.39. The molecule has 0 aromatic heterocycles. The van der Waals surface area contributed by atoms with Crippen molar-refractivity contribution in [3.63, 3.8) is 0 Å². The second-order valence-electron chi connectivity index (χ2n) is 6.38. The molecule has 0 radical (unpaired) electrons. The third-order valence-electron chi connectivity index (χ3n) is 4.41. The van der Waals surface area contributed by atoms with Crippen LogP contribution in [-0.2, 0) is 4.74 Å². The molecule has 0 spiro atoms. The van der Waals surface area contributed by atoms with Crippen molar-refractivity contribution in [2.45, 2.75) is 6.42 Å². The number of likely N-dealkylation sites (N-methyl/N-ethyl adjacent to an activating group) is 1. The third-order valence-corrected chi connectivity index (χ3v) is 4.41. The molecular weight excluding hydrogens is 242 g/mol. The molecule has 0 amide bonds. The largest absolute Gasteiger partial charge is 0.396 e. The Morgan fingerprint density at radius 3 is 2.37 bits per heavy atom. The Kier molecular flexibility index (Phi) is 5.59. The van der Waals surface area contributed by atoms with Crippen molar-refractivity contribution in [1.82, 2.24) is 14.7 Å². The van der Waals surface area contributed by atoms with Crippen molar-refractivity contribution in [3.8, 4) is 0 Å². The van der Waals surface area contributed by atoms with Gasteiger partial charge in [-0.15, -0.1) is 0 Å². The fraction of sp³-hybridized carbons (Fsp3) is 1.00. The zero-order valence-corrected chi connectivity index (χ0v) is 12.5. The zero-order valence-electron chi connectivity index (χ0n) is 12.5. The molecule has 1 N–H and O–H groups in total. The van der Waals surface area contributed by atoms with Crippen molar-refractivity contribution in [2.75, 3.05) is 79.7 Å². The maximum atomic E-state index is 9.62. The monoisotopic (exact) mass is 271 g/mol. The third kappa shape index (κ3) is 4.39. The zero-order chi connectivity index (χ0) is 13.7. The maximum Gasteiger partial charge on any atom is 0.0557 e.